The van der Waals surface area contributed by atoms with Gasteiger partial charge in [0.25, 0.3) is 0 Å². The summed E-state index contributed by atoms with van der Waals surface area (Å²) in [5.41, 5.74) is 4.26. The molecule has 1 N–H and O–H groups in total. The van der Waals surface area contributed by atoms with E-state index in [0.717, 1.165) is 25.3 Å². The average molecular weight is 250 g/mol. The summed E-state index contributed by atoms with van der Waals surface area (Å²) in [4.78, 5) is 15.4. The Morgan fingerprint density at radius 1 is 1.35 bits per heavy atom. The number of thiazole rings is 1. The van der Waals surface area contributed by atoms with Gasteiger partial charge in [-0.3, -0.25) is 0 Å². The Kier molecular flexibility index (Phi) is 3.91. The molecule has 5 heteroatoms. The zero-order valence-corrected chi connectivity index (χ0v) is 11.3. The fraction of sp³-hybridized carbons (Fsp3) is 0.500. The summed E-state index contributed by atoms with van der Waals surface area (Å²) in [7, 11) is 2.13. The molecule has 0 aromatic carbocycles. The van der Waals surface area contributed by atoms with Crippen molar-refractivity contribution in [3.63, 3.8) is 0 Å². The molecule has 2 rings (SSSR count). The number of H-pyrrole nitrogens is 1. The van der Waals surface area contributed by atoms with Crippen molar-refractivity contribution in [3.8, 4) is 0 Å². The Morgan fingerprint density at radius 2 is 2.18 bits per heavy atom. The van der Waals surface area contributed by atoms with Crippen LogP contribution in [0.1, 0.15) is 22.1 Å². The van der Waals surface area contributed by atoms with E-state index in [9.17, 15) is 0 Å². The molecule has 2 aromatic rings. The highest BCUT2D eigenvalue weighted by atomic mass is 32.1. The minimum Gasteiger partial charge on any atom is -0.345 e. The summed E-state index contributed by atoms with van der Waals surface area (Å²) in [6, 6.07) is 0. The van der Waals surface area contributed by atoms with E-state index in [4.69, 9.17) is 0 Å². The molecule has 2 aromatic heterocycles. The van der Waals surface area contributed by atoms with Gasteiger partial charge < -0.3 is 9.88 Å². The quantitative estimate of drug-likeness (QED) is 0.884. The largest absolute Gasteiger partial charge is 0.345 e. The number of aromatic amines is 1. The molecule has 4 nitrogen and oxygen atoms in total. The fourth-order valence-corrected chi connectivity index (χ4v) is 2.55. The predicted octanol–water partition coefficient (Wildman–Crippen LogP) is 2.16. The molecule has 0 amide bonds. The number of hydrogen-bond donors (Lipinski definition) is 1. The number of rotatable bonds is 5. The Balaban J connectivity index is 1.82. The summed E-state index contributed by atoms with van der Waals surface area (Å²) < 4.78 is 0. The monoisotopic (exact) mass is 250 g/mol. The van der Waals surface area contributed by atoms with Crippen LogP contribution in [0, 0.1) is 13.8 Å². The van der Waals surface area contributed by atoms with Gasteiger partial charge in [0, 0.05) is 29.9 Å². The molecule has 0 bridgehead atoms. The van der Waals surface area contributed by atoms with E-state index in [-0.39, 0.29) is 0 Å². The van der Waals surface area contributed by atoms with Gasteiger partial charge in [-0.25, -0.2) is 9.97 Å². The van der Waals surface area contributed by atoms with E-state index < -0.39 is 0 Å². The minimum absolute atomic E-state index is 0.915. The normalized spacial score (nSPS) is 11.3. The van der Waals surface area contributed by atoms with Crippen LogP contribution in [0.5, 0.6) is 0 Å². The highest BCUT2D eigenvalue weighted by Gasteiger charge is 2.05. The third kappa shape index (κ3) is 3.38. The molecule has 0 radical (unpaired) electrons. The molecular formula is C12H18N4S. The fourth-order valence-electron chi connectivity index (χ4n) is 1.78. The molecule has 0 aliphatic rings. The molecule has 17 heavy (non-hydrogen) atoms. The molecule has 2 heterocycles. The van der Waals surface area contributed by atoms with Gasteiger partial charge in [-0.15, -0.1) is 11.3 Å². The van der Waals surface area contributed by atoms with Crippen LogP contribution in [0.4, 0.5) is 0 Å². The summed E-state index contributed by atoms with van der Waals surface area (Å²) in [6.45, 7) is 6.01. The van der Waals surface area contributed by atoms with E-state index >= 15 is 0 Å². The van der Waals surface area contributed by atoms with Crippen LogP contribution >= 0.6 is 11.3 Å². The van der Waals surface area contributed by atoms with E-state index in [0.29, 0.717) is 0 Å². The highest BCUT2D eigenvalue weighted by Crippen LogP contribution is 2.13. The molecule has 92 valence electrons. The molecule has 0 aliphatic carbocycles. The van der Waals surface area contributed by atoms with Crippen LogP contribution in [-0.2, 0) is 13.0 Å². The van der Waals surface area contributed by atoms with Crippen molar-refractivity contribution in [1.82, 2.24) is 19.9 Å². The third-order valence-electron chi connectivity index (χ3n) is 2.76. The lowest BCUT2D eigenvalue weighted by atomic mass is 10.3. The van der Waals surface area contributed by atoms with Crippen molar-refractivity contribution in [1.29, 1.82) is 0 Å². The second-order valence-corrected chi connectivity index (χ2v) is 5.28. The van der Waals surface area contributed by atoms with Gasteiger partial charge in [0.15, 0.2) is 0 Å². The molecule has 0 saturated carbocycles. The maximum atomic E-state index is 4.27. The SMILES string of the molecule is Cc1ncc(CN(C)CCc2scnc2C)[nH]1. The first kappa shape index (κ1) is 12.3. The van der Waals surface area contributed by atoms with Crippen LogP contribution in [0.2, 0.25) is 0 Å². The lowest BCUT2D eigenvalue weighted by Crippen LogP contribution is -2.20. The van der Waals surface area contributed by atoms with Gasteiger partial charge in [-0.05, 0) is 27.3 Å². The molecule has 0 aliphatic heterocycles. The summed E-state index contributed by atoms with van der Waals surface area (Å²) in [6.07, 6.45) is 2.98. The maximum Gasteiger partial charge on any atom is 0.103 e. The predicted molar refractivity (Wildman–Crippen MR) is 70.2 cm³/mol. The first-order chi connectivity index (χ1) is 8.15. The molecule has 0 saturated heterocycles. The number of aryl methyl sites for hydroxylation is 2. The van der Waals surface area contributed by atoms with E-state index in [1.807, 2.05) is 18.6 Å². The van der Waals surface area contributed by atoms with E-state index in [1.54, 1.807) is 11.3 Å². The van der Waals surface area contributed by atoms with Gasteiger partial charge in [-0.1, -0.05) is 0 Å². The molecule has 0 atom stereocenters. The maximum absolute atomic E-state index is 4.27. The third-order valence-corrected chi connectivity index (χ3v) is 3.76. The number of aromatic nitrogens is 3. The zero-order chi connectivity index (χ0) is 12.3. The highest BCUT2D eigenvalue weighted by molar-refractivity contribution is 7.09. The summed E-state index contributed by atoms with van der Waals surface area (Å²) in [5, 5.41) is 0. The second kappa shape index (κ2) is 5.42. The number of nitrogens with zero attached hydrogens (tertiary/aromatic N) is 3. The minimum atomic E-state index is 0.915. The second-order valence-electron chi connectivity index (χ2n) is 4.34. The first-order valence-electron chi connectivity index (χ1n) is 5.73. The van der Waals surface area contributed by atoms with Crippen LogP contribution in [-0.4, -0.2) is 33.4 Å². The van der Waals surface area contributed by atoms with Crippen LogP contribution in [0.15, 0.2) is 11.7 Å². The smallest absolute Gasteiger partial charge is 0.103 e. The van der Waals surface area contributed by atoms with Crippen LogP contribution in [0.25, 0.3) is 0 Å². The number of imidazole rings is 1. The van der Waals surface area contributed by atoms with Gasteiger partial charge in [0.2, 0.25) is 0 Å². The molecule has 0 spiro atoms. The van der Waals surface area contributed by atoms with Crippen molar-refractivity contribution in [2.75, 3.05) is 13.6 Å². The van der Waals surface area contributed by atoms with E-state index in [2.05, 4.69) is 33.8 Å². The standard InChI is InChI=1S/C12H18N4S/c1-9-12(17-8-14-9)4-5-16(3)7-11-6-13-10(2)15-11/h6,8H,4-5,7H2,1-3H3,(H,13,15). The average Bonchev–Trinajstić information content (AvgIpc) is 2.85. The van der Waals surface area contributed by atoms with Crippen molar-refractivity contribution in [2.45, 2.75) is 26.8 Å². The Bertz CT molecular complexity index is 474. The topological polar surface area (TPSA) is 44.8 Å². The molecule has 0 fully saturated rings. The van der Waals surface area contributed by atoms with Crippen molar-refractivity contribution < 1.29 is 0 Å². The molecule has 0 unspecified atom stereocenters. The van der Waals surface area contributed by atoms with Gasteiger partial charge in [0.1, 0.15) is 5.82 Å². The number of hydrogen-bond acceptors (Lipinski definition) is 4. The number of nitrogens with one attached hydrogen (secondary N) is 1. The van der Waals surface area contributed by atoms with Gasteiger partial charge in [0.05, 0.1) is 11.2 Å². The Hall–Kier alpha value is -1.20. The Morgan fingerprint density at radius 3 is 2.76 bits per heavy atom. The van der Waals surface area contributed by atoms with Gasteiger partial charge in [-0.2, -0.15) is 0 Å². The lowest BCUT2D eigenvalue weighted by molar-refractivity contribution is 0.328. The van der Waals surface area contributed by atoms with Crippen molar-refractivity contribution in [2.24, 2.45) is 0 Å². The summed E-state index contributed by atoms with van der Waals surface area (Å²) >= 11 is 1.74. The van der Waals surface area contributed by atoms with Crippen LogP contribution < -0.4 is 0 Å². The van der Waals surface area contributed by atoms with Crippen molar-refractivity contribution >= 4 is 11.3 Å². The zero-order valence-electron chi connectivity index (χ0n) is 10.5. The van der Waals surface area contributed by atoms with Crippen LogP contribution in [0.3, 0.4) is 0 Å². The number of likely N-dealkylation sites (N-methyl/N-ethyl adjacent to an activating group) is 1. The first-order valence-corrected chi connectivity index (χ1v) is 6.61. The van der Waals surface area contributed by atoms with E-state index in [1.165, 1.54) is 16.3 Å². The summed E-state index contributed by atoms with van der Waals surface area (Å²) in [5.74, 6) is 0.978. The van der Waals surface area contributed by atoms with Crippen molar-refractivity contribution in [3.05, 3.63) is 33.8 Å². The van der Waals surface area contributed by atoms with Gasteiger partial charge >= 0.3 is 0 Å². The lowest BCUT2D eigenvalue weighted by Gasteiger charge is -2.14. The Labute approximate surface area is 106 Å². The molecular weight excluding hydrogens is 232 g/mol.